The summed E-state index contributed by atoms with van der Waals surface area (Å²) in [5, 5.41) is 11.7. The van der Waals surface area contributed by atoms with E-state index in [1.165, 1.54) is 0 Å². The molecule has 0 saturated carbocycles. The summed E-state index contributed by atoms with van der Waals surface area (Å²) in [6.45, 7) is 1.99. The molecule has 5 heteroatoms. The number of benzene rings is 1. The first kappa shape index (κ1) is 16.6. The molecule has 0 aliphatic heterocycles. The molecule has 0 radical (unpaired) electrons. The van der Waals surface area contributed by atoms with E-state index in [1.54, 1.807) is 17.8 Å². The zero-order chi connectivity index (χ0) is 15.0. The van der Waals surface area contributed by atoms with E-state index in [0.29, 0.717) is 12.0 Å². The van der Waals surface area contributed by atoms with Gasteiger partial charge in [-0.1, -0.05) is 31.9 Å². The number of unbranched alkanes of at least 4 members (excludes halogenated alkanes) is 1. The zero-order valence-corrected chi connectivity index (χ0v) is 12.7. The molecule has 0 aliphatic carbocycles. The highest BCUT2D eigenvalue weighted by Gasteiger charge is 2.19. The number of thioether (sulfide) groups is 1. The number of carboxylic acid groups (broad SMARTS) is 1. The van der Waals surface area contributed by atoms with Gasteiger partial charge in [-0.05, 0) is 30.4 Å². The first-order valence-corrected chi connectivity index (χ1v) is 8.09. The molecule has 0 bridgehead atoms. The fourth-order valence-corrected chi connectivity index (χ4v) is 2.39. The van der Waals surface area contributed by atoms with Gasteiger partial charge >= 0.3 is 5.97 Å². The molecule has 0 heterocycles. The van der Waals surface area contributed by atoms with Gasteiger partial charge in [0.2, 0.25) is 0 Å². The molecule has 1 amide bonds. The lowest BCUT2D eigenvalue weighted by Gasteiger charge is -2.14. The second-order valence-corrected chi connectivity index (χ2v) is 5.51. The Kier molecular flexibility index (Phi) is 7.15. The number of aliphatic carboxylic acids is 1. The highest BCUT2D eigenvalue weighted by atomic mass is 32.2. The maximum atomic E-state index is 12.1. The minimum atomic E-state index is -0.980. The van der Waals surface area contributed by atoms with Crippen molar-refractivity contribution < 1.29 is 14.7 Å². The van der Waals surface area contributed by atoms with Gasteiger partial charge in [-0.15, -0.1) is 0 Å². The fourth-order valence-electron chi connectivity index (χ4n) is 1.88. The number of carboxylic acids is 1. The first-order chi connectivity index (χ1) is 9.58. The van der Waals surface area contributed by atoms with Crippen molar-refractivity contribution in [2.24, 2.45) is 0 Å². The van der Waals surface area contributed by atoms with Gasteiger partial charge < -0.3 is 10.4 Å². The second kappa shape index (κ2) is 8.64. The molecule has 20 heavy (non-hydrogen) atoms. The molecule has 2 N–H and O–H groups in total. The topological polar surface area (TPSA) is 66.4 Å². The van der Waals surface area contributed by atoms with Crippen LogP contribution in [0.25, 0.3) is 0 Å². The van der Waals surface area contributed by atoms with Crippen LogP contribution in [0.5, 0.6) is 0 Å². The largest absolute Gasteiger partial charge is 0.480 e. The van der Waals surface area contributed by atoms with E-state index >= 15 is 0 Å². The van der Waals surface area contributed by atoms with Crippen molar-refractivity contribution in [2.75, 3.05) is 6.26 Å². The minimum absolute atomic E-state index is 0.323. The van der Waals surface area contributed by atoms with Crippen LogP contribution in [0.4, 0.5) is 0 Å². The average Bonchev–Trinajstić information content (AvgIpc) is 2.43. The Morgan fingerprint density at radius 2 is 2.15 bits per heavy atom. The van der Waals surface area contributed by atoms with Crippen LogP contribution in [-0.2, 0) is 10.5 Å². The Morgan fingerprint density at radius 1 is 1.40 bits per heavy atom. The molecule has 1 aromatic rings. The summed E-state index contributed by atoms with van der Waals surface area (Å²) in [5.74, 6) is -0.470. The maximum Gasteiger partial charge on any atom is 0.326 e. The molecule has 110 valence electrons. The van der Waals surface area contributed by atoms with Gasteiger partial charge in [0.05, 0.1) is 0 Å². The van der Waals surface area contributed by atoms with Crippen molar-refractivity contribution in [3.63, 3.8) is 0 Å². The van der Waals surface area contributed by atoms with E-state index < -0.39 is 12.0 Å². The second-order valence-electron chi connectivity index (χ2n) is 4.64. The van der Waals surface area contributed by atoms with E-state index in [9.17, 15) is 9.59 Å². The molecule has 0 spiro atoms. The maximum absolute atomic E-state index is 12.1. The van der Waals surface area contributed by atoms with Gasteiger partial charge in [0.25, 0.3) is 5.91 Å². The third-order valence-corrected chi connectivity index (χ3v) is 3.57. The molecule has 1 rings (SSSR count). The SMILES string of the molecule is CCCC[C@H](NC(=O)c1cccc(CSC)c1)C(=O)O. The summed E-state index contributed by atoms with van der Waals surface area (Å²) in [7, 11) is 0. The molecular weight excluding hydrogens is 274 g/mol. The Balaban J connectivity index is 2.72. The van der Waals surface area contributed by atoms with Crippen LogP contribution in [0.2, 0.25) is 0 Å². The van der Waals surface area contributed by atoms with Gasteiger partial charge in [0.15, 0.2) is 0 Å². The number of carbonyl (C=O) groups is 2. The third-order valence-electron chi connectivity index (χ3n) is 2.95. The van der Waals surface area contributed by atoms with Gasteiger partial charge in [0, 0.05) is 11.3 Å². The van der Waals surface area contributed by atoms with E-state index in [4.69, 9.17) is 5.11 Å². The van der Waals surface area contributed by atoms with Crippen LogP contribution in [0, 0.1) is 0 Å². The standard InChI is InChI=1S/C15H21NO3S/c1-3-4-8-13(15(18)19)16-14(17)12-7-5-6-11(9-12)10-20-2/h5-7,9,13H,3-4,8,10H2,1-2H3,(H,16,17)(H,18,19)/t13-/m0/s1. The molecular formula is C15H21NO3S. The van der Waals surface area contributed by atoms with Crippen LogP contribution in [-0.4, -0.2) is 29.3 Å². The van der Waals surface area contributed by atoms with Crippen molar-refractivity contribution in [1.29, 1.82) is 0 Å². The average molecular weight is 295 g/mol. The lowest BCUT2D eigenvalue weighted by atomic mass is 10.1. The van der Waals surface area contributed by atoms with Crippen LogP contribution in [0.3, 0.4) is 0 Å². The number of hydrogen-bond donors (Lipinski definition) is 2. The zero-order valence-electron chi connectivity index (χ0n) is 11.9. The summed E-state index contributed by atoms with van der Waals surface area (Å²) in [6.07, 6.45) is 4.15. The summed E-state index contributed by atoms with van der Waals surface area (Å²) < 4.78 is 0. The first-order valence-electron chi connectivity index (χ1n) is 6.70. The smallest absolute Gasteiger partial charge is 0.326 e. The number of amides is 1. The van der Waals surface area contributed by atoms with Gasteiger partial charge in [-0.2, -0.15) is 11.8 Å². The highest BCUT2D eigenvalue weighted by molar-refractivity contribution is 7.97. The van der Waals surface area contributed by atoms with Crippen molar-refractivity contribution >= 4 is 23.6 Å². The Bertz CT molecular complexity index is 462. The van der Waals surface area contributed by atoms with Crippen molar-refractivity contribution in [2.45, 2.75) is 38.0 Å². The van der Waals surface area contributed by atoms with E-state index in [0.717, 1.165) is 24.2 Å². The molecule has 0 aliphatic rings. The summed E-state index contributed by atoms with van der Waals surface area (Å²) in [5.41, 5.74) is 1.57. The van der Waals surface area contributed by atoms with E-state index in [-0.39, 0.29) is 5.91 Å². The van der Waals surface area contributed by atoms with Gasteiger partial charge in [0.1, 0.15) is 6.04 Å². The minimum Gasteiger partial charge on any atom is -0.480 e. The normalized spacial score (nSPS) is 11.9. The Morgan fingerprint density at radius 3 is 2.75 bits per heavy atom. The molecule has 1 aromatic carbocycles. The Hall–Kier alpha value is -1.49. The predicted octanol–water partition coefficient (Wildman–Crippen LogP) is 2.92. The molecule has 0 unspecified atom stereocenters. The Labute approximate surface area is 124 Å². The van der Waals surface area contributed by atoms with Crippen molar-refractivity contribution in [1.82, 2.24) is 5.32 Å². The third kappa shape index (κ3) is 5.25. The van der Waals surface area contributed by atoms with Crippen LogP contribution in [0.15, 0.2) is 24.3 Å². The lowest BCUT2D eigenvalue weighted by molar-refractivity contribution is -0.139. The summed E-state index contributed by atoms with van der Waals surface area (Å²) in [4.78, 5) is 23.2. The highest BCUT2D eigenvalue weighted by Crippen LogP contribution is 2.12. The van der Waals surface area contributed by atoms with E-state index in [2.05, 4.69) is 5.32 Å². The molecule has 0 fully saturated rings. The molecule has 4 nitrogen and oxygen atoms in total. The predicted molar refractivity (Wildman–Crippen MR) is 82.1 cm³/mol. The number of nitrogens with one attached hydrogen (secondary N) is 1. The molecule has 0 saturated heterocycles. The van der Waals surface area contributed by atoms with Gasteiger partial charge in [-0.25, -0.2) is 4.79 Å². The van der Waals surface area contributed by atoms with E-state index in [1.807, 2.05) is 31.4 Å². The monoisotopic (exact) mass is 295 g/mol. The van der Waals surface area contributed by atoms with Crippen molar-refractivity contribution in [3.8, 4) is 0 Å². The molecule has 0 aromatic heterocycles. The quantitative estimate of drug-likeness (QED) is 0.774. The van der Waals surface area contributed by atoms with Crippen LogP contribution >= 0.6 is 11.8 Å². The lowest BCUT2D eigenvalue weighted by Crippen LogP contribution is -2.40. The number of rotatable bonds is 8. The van der Waals surface area contributed by atoms with Crippen LogP contribution < -0.4 is 5.32 Å². The van der Waals surface area contributed by atoms with Crippen molar-refractivity contribution in [3.05, 3.63) is 35.4 Å². The summed E-state index contributed by atoms with van der Waals surface area (Å²) >= 11 is 1.68. The van der Waals surface area contributed by atoms with Crippen LogP contribution in [0.1, 0.15) is 42.1 Å². The number of carbonyl (C=O) groups excluding carboxylic acids is 1. The summed E-state index contributed by atoms with van der Waals surface area (Å²) in [6, 6.07) is 6.48. The number of hydrogen-bond acceptors (Lipinski definition) is 3. The fraction of sp³-hybridized carbons (Fsp3) is 0.467. The molecule has 1 atom stereocenters. The van der Waals surface area contributed by atoms with Gasteiger partial charge in [-0.3, -0.25) is 4.79 Å².